The summed E-state index contributed by atoms with van der Waals surface area (Å²) >= 11 is 0. The van der Waals surface area contributed by atoms with Gasteiger partial charge in [0.2, 0.25) is 0 Å². The fourth-order valence-corrected chi connectivity index (χ4v) is 7.25. The summed E-state index contributed by atoms with van der Waals surface area (Å²) in [5.74, 6) is -2.56. The van der Waals surface area contributed by atoms with E-state index in [1.165, 1.54) is 0 Å². The van der Waals surface area contributed by atoms with E-state index in [0.717, 1.165) is 37.7 Å². The second-order valence-corrected chi connectivity index (χ2v) is 11.7. The van der Waals surface area contributed by atoms with Crippen LogP contribution in [0.4, 0.5) is 0 Å². The molecule has 10 nitrogen and oxygen atoms in total. The smallest absolute Gasteiger partial charge is 0.481 e. The molecule has 11 heteroatoms. The van der Waals surface area contributed by atoms with Crippen LogP contribution in [0.5, 0.6) is 0 Å². The molecule has 0 amide bonds. The summed E-state index contributed by atoms with van der Waals surface area (Å²) in [4.78, 5) is 46.8. The molecule has 2 fully saturated rings. The minimum atomic E-state index is -1.08. The number of hydrogen-bond donors (Lipinski definition) is 3. The third-order valence-corrected chi connectivity index (χ3v) is 9.28. The zero-order valence-corrected chi connectivity index (χ0v) is 26.8. The molecule has 0 aromatic heterocycles. The zero-order chi connectivity index (χ0) is 28.1. The maximum atomic E-state index is 12.6. The Bertz CT molecular complexity index is 935. The maximum absolute atomic E-state index is 12.6. The van der Waals surface area contributed by atoms with E-state index in [1.807, 2.05) is 13.0 Å². The summed E-state index contributed by atoms with van der Waals surface area (Å²) in [6.45, 7) is 6.89. The first-order chi connectivity index (χ1) is 17.9. The average molecular weight is 578 g/mol. The minimum Gasteiger partial charge on any atom is -0.481 e. The van der Waals surface area contributed by atoms with Gasteiger partial charge in [0, 0.05) is 5.41 Å². The topological polar surface area (TPSA) is 157 Å². The molecule has 0 aromatic rings. The van der Waals surface area contributed by atoms with Crippen LogP contribution in [0.25, 0.3) is 0 Å². The van der Waals surface area contributed by atoms with Gasteiger partial charge < -0.3 is 29.5 Å². The maximum Gasteiger partial charge on any atom is 1.00 e. The number of esters is 2. The molecule has 3 N–H and O–H groups in total. The molecule has 0 aromatic carbocycles. The van der Waals surface area contributed by atoms with Gasteiger partial charge in [-0.2, -0.15) is 0 Å². The molecular formula is C28H42KO10+. The molecule has 2 unspecified atom stereocenters. The molecule has 214 valence electrons. The molecule has 0 bridgehead atoms. The van der Waals surface area contributed by atoms with Crippen LogP contribution in [0.3, 0.4) is 0 Å². The first-order valence-corrected chi connectivity index (χ1v) is 13.6. The van der Waals surface area contributed by atoms with Gasteiger partial charge in [-0.25, -0.2) is 0 Å². The number of hydrogen-bond acceptors (Lipinski definition) is 8. The minimum absolute atomic E-state index is 0. The van der Waals surface area contributed by atoms with Crippen LogP contribution < -0.4 is 51.4 Å². The molecule has 3 aliphatic rings. The van der Waals surface area contributed by atoms with Gasteiger partial charge in [0.1, 0.15) is 12.7 Å². The predicted molar refractivity (Wildman–Crippen MR) is 135 cm³/mol. The number of carboxylic acids is 2. The number of carbonyl (C=O) groups is 4. The molecule has 2 aliphatic carbocycles. The molecule has 1 aliphatic heterocycles. The van der Waals surface area contributed by atoms with Crippen LogP contribution in [-0.4, -0.2) is 64.8 Å². The van der Waals surface area contributed by atoms with E-state index in [9.17, 15) is 24.3 Å². The molecule has 0 saturated heterocycles. The molecule has 39 heavy (non-hydrogen) atoms. The molecule has 0 spiro atoms. The van der Waals surface area contributed by atoms with E-state index < -0.39 is 41.7 Å². The van der Waals surface area contributed by atoms with Crippen LogP contribution >= 0.6 is 0 Å². The van der Waals surface area contributed by atoms with E-state index in [0.29, 0.717) is 24.9 Å². The van der Waals surface area contributed by atoms with E-state index in [-0.39, 0.29) is 95.0 Å². The van der Waals surface area contributed by atoms with E-state index in [2.05, 4.69) is 13.8 Å². The number of ether oxygens (including phenoxy) is 3. The van der Waals surface area contributed by atoms with Gasteiger partial charge in [-0.15, -0.1) is 0 Å². The number of rotatable bonds is 12. The predicted octanol–water partition coefficient (Wildman–Crippen LogP) is 0.699. The van der Waals surface area contributed by atoms with Crippen molar-refractivity contribution < 1.29 is 100 Å². The van der Waals surface area contributed by atoms with Gasteiger partial charge in [-0.3, -0.25) is 19.2 Å². The Balaban J connectivity index is 0.00000533. The SMILES string of the molecule is CC1CC[C@@H]2[C@@](C)(CC[C@@H](OC(=O)CCC(=O)O)[C@]2(C)COC(=O)CCC(=O)O)[C@@H]1CCC1=CCOC1O.[K+]. The van der Waals surface area contributed by atoms with Crippen molar-refractivity contribution in [1.29, 1.82) is 0 Å². The van der Waals surface area contributed by atoms with Crippen molar-refractivity contribution in [3.8, 4) is 0 Å². The van der Waals surface area contributed by atoms with Crippen molar-refractivity contribution in [1.82, 2.24) is 0 Å². The Labute approximate surface area is 272 Å². The van der Waals surface area contributed by atoms with Gasteiger partial charge in [0.15, 0.2) is 6.29 Å². The van der Waals surface area contributed by atoms with Gasteiger partial charge in [0.25, 0.3) is 0 Å². The van der Waals surface area contributed by atoms with Crippen molar-refractivity contribution in [2.75, 3.05) is 13.2 Å². The fourth-order valence-electron chi connectivity index (χ4n) is 7.25. The van der Waals surface area contributed by atoms with Crippen molar-refractivity contribution in [2.24, 2.45) is 28.6 Å². The number of aliphatic hydroxyl groups is 1. The standard InChI is InChI=1S/C28H42O10.K/c1-17-4-7-20-27(2,19(17)6-5-18-13-15-36-26(18)35)14-12-21(38-25(34)11-9-23(31)32)28(20,3)16-37-24(33)10-8-22(29)30;/h13,17,19-21,26,35H,4-12,14-16H2,1-3H3,(H,29,30)(H,31,32);/q;+1/t17?,19-,20-,21-,26?,27+,28-;/m1./s1. The summed E-state index contributed by atoms with van der Waals surface area (Å²) in [5.41, 5.74) is 0.0341. The van der Waals surface area contributed by atoms with Crippen LogP contribution in [0.1, 0.15) is 85.0 Å². The second-order valence-electron chi connectivity index (χ2n) is 11.7. The third-order valence-electron chi connectivity index (χ3n) is 9.28. The number of aliphatic hydroxyl groups excluding tert-OH is 1. The fraction of sp³-hybridized carbons (Fsp3) is 0.786. The molecule has 7 atom stereocenters. The van der Waals surface area contributed by atoms with Gasteiger partial charge in [-0.1, -0.05) is 33.3 Å². The van der Waals surface area contributed by atoms with Crippen molar-refractivity contribution in [3.05, 3.63) is 11.6 Å². The number of carboxylic acid groups (broad SMARTS) is 2. The Morgan fingerprint density at radius 2 is 1.64 bits per heavy atom. The van der Waals surface area contributed by atoms with Crippen molar-refractivity contribution >= 4 is 23.9 Å². The van der Waals surface area contributed by atoms with E-state index in [1.54, 1.807) is 0 Å². The first kappa shape index (κ1) is 34.4. The average Bonchev–Trinajstić information content (AvgIpc) is 3.26. The Morgan fingerprint density at radius 3 is 2.23 bits per heavy atom. The van der Waals surface area contributed by atoms with E-state index >= 15 is 0 Å². The number of carbonyl (C=O) groups excluding carboxylic acids is 2. The second kappa shape index (κ2) is 14.9. The summed E-state index contributed by atoms with van der Waals surface area (Å²) in [6, 6.07) is 0. The van der Waals surface area contributed by atoms with Crippen LogP contribution in [0.2, 0.25) is 0 Å². The molecular weight excluding hydrogens is 535 g/mol. The Kier molecular flexibility index (Phi) is 13.1. The van der Waals surface area contributed by atoms with Gasteiger partial charge in [0.05, 0.1) is 32.3 Å². The molecule has 1 heterocycles. The quantitative estimate of drug-likeness (QED) is 0.171. The monoisotopic (exact) mass is 577 g/mol. The van der Waals surface area contributed by atoms with Crippen molar-refractivity contribution in [2.45, 2.75) is 97.4 Å². The van der Waals surface area contributed by atoms with Crippen LogP contribution in [0, 0.1) is 28.6 Å². The summed E-state index contributed by atoms with van der Waals surface area (Å²) < 4.78 is 16.7. The summed E-state index contributed by atoms with van der Waals surface area (Å²) in [6.07, 6.45) is 4.16. The van der Waals surface area contributed by atoms with E-state index in [4.69, 9.17) is 24.4 Å². The van der Waals surface area contributed by atoms with Gasteiger partial charge in [-0.05, 0) is 60.8 Å². The summed E-state index contributed by atoms with van der Waals surface area (Å²) in [7, 11) is 0. The van der Waals surface area contributed by atoms with Crippen LogP contribution in [-0.2, 0) is 33.4 Å². The normalized spacial score (nSPS) is 33.7. The summed E-state index contributed by atoms with van der Waals surface area (Å²) in [5, 5.41) is 28.0. The Morgan fingerprint density at radius 1 is 1.00 bits per heavy atom. The first-order valence-electron chi connectivity index (χ1n) is 13.6. The number of fused-ring (bicyclic) bond motifs is 1. The van der Waals surface area contributed by atoms with Crippen LogP contribution in [0.15, 0.2) is 11.6 Å². The van der Waals surface area contributed by atoms with Gasteiger partial charge >= 0.3 is 75.3 Å². The van der Waals surface area contributed by atoms with Crippen molar-refractivity contribution in [3.63, 3.8) is 0 Å². The Hall–Kier alpha value is -0.824. The zero-order valence-electron chi connectivity index (χ0n) is 23.6. The molecule has 0 radical (unpaired) electrons. The molecule has 2 saturated carbocycles. The largest absolute Gasteiger partial charge is 1.00 e. The third kappa shape index (κ3) is 8.59. The number of aliphatic carboxylic acids is 2. The molecule has 3 rings (SSSR count).